The fourth-order valence-corrected chi connectivity index (χ4v) is 2.64. The maximum Gasteiger partial charge on any atom is 0.231 e. The van der Waals surface area contributed by atoms with Gasteiger partial charge in [0.1, 0.15) is 0 Å². The molecule has 1 aromatic heterocycles. The van der Waals surface area contributed by atoms with Crippen molar-refractivity contribution in [2.24, 2.45) is 0 Å². The molecule has 0 radical (unpaired) electrons. The quantitative estimate of drug-likeness (QED) is 0.929. The summed E-state index contributed by atoms with van der Waals surface area (Å²) in [5, 5.41) is 7.52. The number of nitrogens with one attached hydrogen (secondary N) is 1. The number of nitrogens with zero attached hydrogens (tertiary/aromatic N) is 3. The number of aromatic nitrogens is 2. The molecule has 1 unspecified atom stereocenters. The lowest BCUT2D eigenvalue weighted by Gasteiger charge is -2.30. The molecule has 1 aliphatic heterocycles. The first kappa shape index (κ1) is 14.2. The Balaban J connectivity index is 1.69. The molecule has 0 bridgehead atoms. The van der Waals surface area contributed by atoms with Gasteiger partial charge in [0, 0.05) is 19.6 Å². The molecule has 3 rings (SSSR count). The van der Waals surface area contributed by atoms with Crippen LogP contribution in [-0.2, 0) is 12.8 Å². The van der Waals surface area contributed by atoms with Crippen molar-refractivity contribution < 1.29 is 4.52 Å². The Morgan fingerprint density at radius 2 is 2.05 bits per heavy atom. The summed E-state index contributed by atoms with van der Waals surface area (Å²) in [7, 11) is 2.10. The summed E-state index contributed by atoms with van der Waals surface area (Å²) < 4.78 is 5.41. The van der Waals surface area contributed by atoms with Crippen LogP contribution in [0, 0.1) is 0 Å². The molecule has 1 N–H and O–H groups in total. The molecular weight excluding hydrogens is 264 g/mol. The molecule has 1 atom stereocenters. The van der Waals surface area contributed by atoms with E-state index in [0.717, 1.165) is 31.9 Å². The molecule has 0 spiro atoms. The Hall–Kier alpha value is -1.72. The molecule has 1 aromatic carbocycles. The topological polar surface area (TPSA) is 54.2 Å². The van der Waals surface area contributed by atoms with E-state index in [1.54, 1.807) is 0 Å². The average molecular weight is 286 g/mol. The van der Waals surface area contributed by atoms with Gasteiger partial charge in [-0.3, -0.25) is 4.90 Å². The highest BCUT2D eigenvalue weighted by atomic mass is 16.5. The zero-order valence-electron chi connectivity index (χ0n) is 12.7. The number of benzene rings is 1. The normalized spacial score (nSPS) is 19.8. The first-order valence-corrected chi connectivity index (χ1v) is 7.57. The summed E-state index contributed by atoms with van der Waals surface area (Å²) in [6.07, 6.45) is 1.76. The van der Waals surface area contributed by atoms with Crippen LogP contribution in [0.1, 0.15) is 35.8 Å². The van der Waals surface area contributed by atoms with Gasteiger partial charge >= 0.3 is 0 Å². The van der Waals surface area contributed by atoms with Gasteiger partial charge in [0.2, 0.25) is 5.89 Å². The van der Waals surface area contributed by atoms with Crippen LogP contribution in [-0.4, -0.2) is 41.7 Å². The molecule has 0 aliphatic carbocycles. The molecule has 2 aromatic rings. The van der Waals surface area contributed by atoms with E-state index in [4.69, 9.17) is 4.52 Å². The first-order chi connectivity index (χ1) is 10.3. The summed E-state index contributed by atoms with van der Waals surface area (Å²) in [6, 6.07) is 8.80. The Bertz CT molecular complexity index is 578. The monoisotopic (exact) mass is 286 g/mol. The highest BCUT2D eigenvalue weighted by molar-refractivity contribution is 5.24. The minimum atomic E-state index is 0.207. The van der Waals surface area contributed by atoms with E-state index in [0.29, 0.717) is 12.3 Å². The molecule has 5 heteroatoms. The van der Waals surface area contributed by atoms with Crippen molar-refractivity contribution in [3.05, 3.63) is 47.1 Å². The molecule has 21 heavy (non-hydrogen) atoms. The highest BCUT2D eigenvalue weighted by Crippen LogP contribution is 2.18. The second kappa shape index (κ2) is 6.37. The Morgan fingerprint density at radius 3 is 2.76 bits per heavy atom. The molecule has 5 nitrogen and oxygen atoms in total. The van der Waals surface area contributed by atoms with Gasteiger partial charge in [0.05, 0.1) is 12.5 Å². The van der Waals surface area contributed by atoms with Gasteiger partial charge in [-0.15, -0.1) is 0 Å². The van der Waals surface area contributed by atoms with Crippen LogP contribution in [0.5, 0.6) is 0 Å². The van der Waals surface area contributed by atoms with Crippen molar-refractivity contribution in [1.29, 1.82) is 0 Å². The SMILES string of the molecule is CCc1ccc(Cc2nc(C3CNCCN3C)no2)cc1. The van der Waals surface area contributed by atoms with Gasteiger partial charge in [0.25, 0.3) is 0 Å². The summed E-state index contributed by atoms with van der Waals surface area (Å²) in [4.78, 5) is 6.83. The van der Waals surface area contributed by atoms with Crippen molar-refractivity contribution >= 4 is 0 Å². The van der Waals surface area contributed by atoms with E-state index in [1.165, 1.54) is 11.1 Å². The minimum Gasteiger partial charge on any atom is -0.339 e. The van der Waals surface area contributed by atoms with Crippen molar-refractivity contribution in [2.45, 2.75) is 25.8 Å². The molecule has 1 aliphatic rings. The molecule has 0 amide bonds. The molecule has 1 fully saturated rings. The Morgan fingerprint density at radius 1 is 1.29 bits per heavy atom. The fourth-order valence-electron chi connectivity index (χ4n) is 2.64. The smallest absolute Gasteiger partial charge is 0.231 e. The summed E-state index contributed by atoms with van der Waals surface area (Å²) in [5.74, 6) is 1.47. The number of aryl methyl sites for hydroxylation is 1. The zero-order valence-corrected chi connectivity index (χ0v) is 12.7. The van der Waals surface area contributed by atoms with Crippen LogP contribution in [0.3, 0.4) is 0 Å². The van der Waals surface area contributed by atoms with Crippen molar-refractivity contribution in [2.75, 3.05) is 26.7 Å². The van der Waals surface area contributed by atoms with Crippen LogP contribution >= 0.6 is 0 Å². The van der Waals surface area contributed by atoms with Gasteiger partial charge in [0.15, 0.2) is 5.82 Å². The predicted octanol–water partition coefficient (Wildman–Crippen LogP) is 1.80. The van der Waals surface area contributed by atoms with Gasteiger partial charge < -0.3 is 9.84 Å². The first-order valence-electron chi connectivity index (χ1n) is 7.57. The third kappa shape index (κ3) is 3.31. The lowest BCUT2D eigenvalue weighted by molar-refractivity contribution is 0.190. The third-order valence-corrected chi connectivity index (χ3v) is 4.08. The van der Waals surface area contributed by atoms with Crippen LogP contribution in [0.2, 0.25) is 0 Å². The maximum atomic E-state index is 5.41. The molecule has 112 valence electrons. The van der Waals surface area contributed by atoms with Crippen LogP contribution in [0.4, 0.5) is 0 Å². The summed E-state index contributed by atoms with van der Waals surface area (Å²) >= 11 is 0. The lowest BCUT2D eigenvalue weighted by Crippen LogP contribution is -2.44. The second-order valence-electron chi connectivity index (χ2n) is 5.59. The van der Waals surface area contributed by atoms with E-state index < -0.39 is 0 Å². The van der Waals surface area contributed by atoms with Crippen LogP contribution in [0.15, 0.2) is 28.8 Å². The van der Waals surface area contributed by atoms with Crippen molar-refractivity contribution in [3.63, 3.8) is 0 Å². The number of rotatable bonds is 4. The van der Waals surface area contributed by atoms with E-state index in [1.807, 2.05) is 0 Å². The van der Waals surface area contributed by atoms with Crippen molar-refractivity contribution in [1.82, 2.24) is 20.4 Å². The molecular formula is C16H22N4O. The lowest BCUT2D eigenvalue weighted by atomic mass is 10.1. The van der Waals surface area contributed by atoms with Gasteiger partial charge in [-0.2, -0.15) is 4.98 Å². The maximum absolute atomic E-state index is 5.41. The largest absolute Gasteiger partial charge is 0.339 e. The van der Waals surface area contributed by atoms with E-state index in [2.05, 4.69) is 58.6 Å². The number of likely N-dealkylation sites (N-methyl/N-ethyl adjacent to an activating group) is 1. The zero-order chi connectivity index (χ0) is 14.7. The van der Waals surface area contributed by atoms with Gasteiger partial charge in [-0.25, -0.2) is 0 Å². The summed E-state index contributed by atoms with van der Waals surface area (Å²) in [5.41, 5.74) is 2.55. The number of piperazine rings is 1. The molecule has 0 saturated carbocycles. The molecule has 1 saturated heterocycles. The standard InChI is InChI=1S/C16H22N4O/c1-3-12-4-6-13(7-5-12)10-15-18-16(19-21-15)14-11-17-8-9-20(14)2/h4-7,14,17H,3,8-11H2,1-2H3. The second-order valence-corrected chi connectivity index (χ2v) is 5.59. The highest BCUT2D eigenvalue weighted by Gasteiger charge is 2.25. The Kier molecular flexibility index (Phi) is 4.31. The predicted molar refractivity (Wildman–Crippen MR) is 81.2 cm³/mol. The van der Waals surface area contributed by atoms with Crippen molar-refractivity contribution in [3.8, 4) is 0 Å². The van der Waals surface area contributed by atoms with Gasteiger partial charge in [-0.05, 0) is 24.6 Å². The number of hydrogen-bond donors (Lipinski definition) is 1. The van der Waals surface area contributed by atoms with Crippen LogP contribution in [0.25, 0.3) is 0 Å². The fraction of sp³-hybridized carbons (Fsp3) is 0.500. The Labute approximate surface area is 125 Å². The van der Waals surface area contributed by atoms with E-state index >= 15 is 0 Å². The minimum absolute atomic E-state index is 0.207. The van der Waals surface area contributed by atoms with E-state index in [9.17, 15) is 0 Å². The number of hydrogen-bond acceptors (Lipinski definition) is 5. The summed E-state index contributed by atoms with van der Waals surface area (Å²) in [6.45, 7) is 5.06. The van der Waals surface area contributed by atoms with E-state index in [-0.39, 0.29) is 6.04 Å². The van der Waals surface area contributed by atoms with Gasteiger partial charge in [-0.1, -0.05) is 36.3 Å². The average Bonchev–Trinajstić information content (AvgIpc) is 2.97. The van der Waals surface area contributed by atoms with Crippen LogP contribution < -0.4 is 5.32 Å². The molecule has 2 heterocycles. The third-order valence-electron chi connectivity index (χ3n) is 4.08.